The first-order valence-corrected chi connectivity index (χ1v) is 5.74. The van der Waals surface area contributed by atoms with Gasteiger partial charge in [-0.05, 0) is 24.6 Å². The molecule has 104 valence electrons. The summed E-state index contributed by atoms with van der Waals surface area (Å²) in [5, 5.41) is 14.0. The van der Waals surface area contributed by atoms with Crippen LogP contribution in [0.1, 0.15) is 11.3 Å². The summed E-state index contributed by atoms with van der Waals surface area (Å²) in [6.45, 7) is 1.90. The highest BCUT2D eigenvalue weighted by Crippen LogP contribution is 2.26. The van der Waals surface area contributed by atoms with Crippen LogP contribution in [0.4, 0.5) is 17.5 Å². The Morgan fingerprint density at radius 1 is 1.35 bits per heavy atom. The van der Waals surface area contributed by atoms with Gasteiger partial charge in [-0.25, -0.2) is 10.8 Å². The van der Waals surface area contributed by atoms with E-state index in [0.717, 1.165) is 5.56 Å². The van der Waals surface area contributed by atoms with E-state index in [4.69, 9.17) is 5.84 Å². The zero-order valence-electron chi connectivity index (χ0n) is 10.7. The van der Waals surface area contributed by atoms with Crippen LogP contribution in [0.15, 0.2) is 24.5 Å². The first-order valence-electron chi connectivity index (χ1n) is 5.74. The number of nitro groups is 1. The Labute approximate surface area is 114 Å². The van der Waals surface area contributed by atoms with E-state index in [1.165, 1.54) is 6.92 Å². The number of aromatic nitrogens is 3. The molecule has 0 aromatic carbocycles. The number of nitrogens with zero attached hydrogens (tertiary/aromatic N) is 4. The van der Waals surface area contributed by atoms with Gasteiger partial charge < -0.3 is 5.32 Å². The van der Waals surface area contributed by atoms with Gasteiger partial charge in [0.25, 0.3) is 0 Å². The van der Waals surface area contributed by atoms with Crippen LogP contribution in [0.3, 0.4) is 0 Å². The highest BCUT2D eigenvalue weighted by atomic mass is 16.6. The van der Waals surface area contributed by atoms with Crippen LogP contribution in [0.25, 0.3) is 0 Å². The summed E-state index contributed by atoms with van der Waals surface area (Å²) in [5.41, 5.74) is 3.26. The molecule has 4 N–H and O–H groups in total. The third-order valence-electron chi connectivity index (χ3n) is 2.58. The number of anilines is 2. The van der Waals surface area contributed by atoms with Gasteiger partial charge in [0.1, 0.15) is 5.69 Å². The van der Waals surface area contributed by atoms with E-state index in [0.29, 0.717) is 6.54 Å². The molecule has 0 radical (unpaired) electrons. The lowest BCUT2D eigenvalue weighted by atomic mass is 10.2. The molecule has 0 aliphatic carbocycles. The topological polar surface area (TPSA) is 132 Å². The average Bonchev–Trinajstić information content (AvgIpc) is 2.45. The minimum Gasteiger partial charge on any atom is -0.360 e. The van der Waals surface area contributed by atoms with Crippen molar-refractivity contribution in [3.63, 3.8) is 0 Å². The van der Waals surface area contributed by atoms with Crippen LogP contribution < -0.4 is 16.6 Å². The average molecular weight is 275 g/mol. The zero-order valence-corrected chi connectivity index (χ0v) is 10.7. The number of hydrogen-bond acceptors (Lipinski definition) is 8. The number of nitrogens with two attached hydrogens (primary N) is 1. The van der Waals surface area contributed by atoms with Crippen LogP contribution in [-0.4, -0.2) is 19.9 Å². The second-order valence-corrected chi connectivity index (χ2v) is 3.94. The van der Waals surface area contributed by atoms with Gasteiger partial charge in [0.05, 0.1) is 4.92 Å². The molecule has 2 heterocycles. The molecule has 0 amide bonds. The number of rotatable bonds is 5. The van der Waals surface area contributed by atoms with E-state index in [-0.39, 0.29) is 23.1 Å². The summed E-state index contributed by atoms with van der Waals surface area (Å²) < 4.78 is 0. The molecule has 9 heteroatoms. The molecule has 2 rings (SSSR count). The molecule has 9 nitrogen and oxygen atoms in total. The molecule has 20 heavy (non-hydrogen) atoms. The minimum absolute atomic E-state index is 0.116. The monoisotopic (exact) mass is 275 g/mol. The maximum absolute atomic E-state index is 11.1. The molecule has 0 bridgehead atoms. The van der Waals surface area contributed by atoms with Crippen molar-refractivity contribution in [2.45, 2.75) is 13.5 Å². The van der Waals surface area contributed by atoms with Gasteiger partial charge in [0, 0.05) is 18.9 Å². The molecular formula is C11H13N7O2. The third-order valence-corrected chi connectivity index (χ3v) is 2.58. The Balaban J connectivity index is 2.29. The fourth-order valence-corrected chi connectivity index (χ4v) is 1.66. The van der Waals surface area contributed by atoms with Crippen LogP contribution in [0.2, 0.25) is 0 Å². The van der Waals surface area contributed by atoms with Crippen molar-refractivity contribution >= 4 is 17.5 Å². The van der Waals surface area contributed by atoms with Crippen molar-refractivity contribution in [1.82, 2.24) is 15.0 Å². The molecule has 0 atom stereocenters. The van der Waals surface area contributed by atoms with Crippen LogP contribution >= 0.6 is 0 Å². The lowest BCUT2D eigenvalue weighted by Crippen LogP contribution is -2.14. The predicted molar refractivity (Wildman–Crippen MR) is 72.8 cm³/mol. The number of hydrazine groups is 1. The van der Waals surface area contributed by atoms with E-state index in [1.54, 1.807) is 24.5 Å². The molecule has 2 aromatic rings. The van der Waals surface area contributed by atoms with Gasteiger partial charge >= 0.3 is 5.69 Å². The highest BCUT2D eigenvalue weighted by molar-refractivity contribution is 5.60. The fourth-order valence-electron chi connectivity index (χ4n) is 1.66. The normalized spacial score (nSPS) is 10.1. The summed E-state index contributed by atoms with van der Waals surface area (Å²) >= 11 is 0. The first-order chi connectivity index (χ1) is 9.61. The first kappa shape index (κ1) is 13.6. The summed E-state index contributed by atoms with van der Waals surface area (Å²) in [4.78, 5) is 22.3. The molecular weight excluding hydrogens is 262 g/mol. The Bertz CT molecular complexity index is 618. The van der Waals surface area contributed by atoms with Crippen molar-refractivity contribution in [2.75, 3.05) is 10.7 Å². The number of nitrogens with one attached hydrogen (secondary N) is 2. The fraction of sp³-hybridized carbons (Fsp3) is 0.182. The van der Waals surface area contributed by atoms with E-state index in [2.05, 4.69) is 25.7 Å². The second kappa shape index (κ2) is 5.89. The van der Waals surface area contributed by atoms with Crippen molar-refractivity contribution in [3.8, 4) is 0 Å². The molecule has 0 aliphatic heterocycles. The summed E-state index contributed by atoms with van der Waals surface area (Å²) in [6, 6.07) is 3.60. The summed E-state index contributed by atoms with van der Waals surface area (Å²) in [5.74, 6) is 5.47. The SMILES string of the molecule is Cc1nc(NN)nc(NCc2ccncc2)c1[N+](=O)[O-]. The van der Waals surface area contributed by atoms with E-state index < -0.39 is 4.92 Å². The van der Waals surface area contributed by atoms with Gasteiger partial charge in [0.15, 0.2) is 0 Å². The number of hydrogen-bond donors (Lipinski definition) is 3. The highest BCUT2D eigenvalue weighted by Gasteiger charge is 2.21. The molecule has 2 aromatic heterocycles. The van der Waals surface area contributed by atoms with Gasteiger partial charge in [-0.1, -0.05) is 0 Å². The molecule has 0 aliphatic rings. The van der Waals surface area contributed by atoms with E-state index >= 15 is 0 Å². The lowest BCUT2D eigenvalue weighted by Gasteiger charge is -2.09. The largest absolute Gasteiger partial charge is 0.360 e. The number of pyridine rings is 1. The predicted octanol–water partition coefficient (Wildman–Crippen LogP) is 0.986. The van der Waals surface area contributed by atoms with Gasteiger partial charge in [0.2, 0.25) is 11.8 Å². The molecule has 0 spiro atoms. The van der Waals surface area contributed by atoms with E-state index in [9.17, 15) is 10.1 Å². The standard InChI is InChI=1S/C11H13N7O2/c1-7-9(18(19)20)10(16-11(15-7)17-12)14-6-8-2-4-13-5-3-8/h2-5H,6,12H2,1H3,(H2,14,15,16,17). The molecule has 0 saturated carbocycles. The van der Waals surface area contributed by atoms with E-state index in [1.807, 2.05) is 0 Å². The summed E-state index contributed by atoms with van der Waals surface area (Å²) in [7, 11) is 0. The maximum atomic E-state index is 11.1. The van der Waals surface area contributed by atoms with Crippen LogP contribution in [-0.2, 0) is 6.54 Å². The van der Waals surface area contributed by atoms with Crippen molar-refractivity contribution in [2.24, 2.45) is 5.84 Å². The molecule has 0 unspecified atom stereocenters. The Kier molecular flexibility index (Phi) is 4.01. The molecule has 0 saturated heterocycles. The summed E-state index contributed by atoms with van der Waals surface area (Å²) in [6.07, 6.45) is 3.28. The second-order valence-electron chi connectivity index (χ2n) is 3.94. The van der Waals surface area contributed by atoms with Crippen molar-refractivity contribution < 1.29 is 4.92 Å². The zero-order chi connectivity index (χ0) is 14.5. The minimum atomic E-state index is -0.523. The quantitative estimate of drug-likeness (QED) is 0.418. The molecule has 0 fully saturated rings. The Morgan fingerprint density at radius 2 is 2.05 bits per heavy atom. The number of aryl methyl sites for hydroxylation is 1. The van der Waals surface area contributed by atoms with Crippen molar-refractivity contribution in [3.05, 3.63) is 45.9 Å². The maximum Gasteiger partial charge on any atom is 0.332 e. The number of nitrogen functional groups attached to an aromatic ring is 1. The van der Waals surface area contributed by atoms with Crippen LogP contribution in [0.5, 0.6) is 0 Å². The van der Waals surface area contributed by atoms with Crippen LogP contribution in [0, 0.1) is 17.0 Å². The lowest BCUT2D eigenvalue weighted by molar-refractivity contribution is -0.385. The smallest absolute Gasteiger partial charge is 0.332 e. The van der Waals surface area contributed by atoms with Gasteiger partial charge in [-0.15, -0.1) is 0 Å². The third kappa shape index (κ3) is 2.95. The van der Waals surface area contributed by atoms with Gasteiger partial charge in [-0.3, -0.25) is 20.5 Å². The Hall–Kier alpha value is -2.81. The Morgan fingerprint density at radius 3 is 2.65 bits per heavy atom. The van der Waals surface area contributed by atoms with Gasteiger partial charge in [-0.2, -0.15) is 4.98 Å². The van der Waals surface area contributed by atoms with Crippen molar-refractivity contribution in [1.29, 1.82) is 0 Å².